The molecule has 2 heterocycles. The fourth-order valence-corrected chi connectivity index (χ4v) is 4.15. The molecule has 0 atom stereocenters. The Labute approximate surface area is 176 Å². The van der Waals surface area contributed by atoms with E-state index in [1.165, 1.54) is 26.4 Å². The van der Waals surface area contributed by atoms with Gasteiger partial charge in [-0.15, -0.1) is 0 Å². The molecule has 30 heavy (non-hydrogen) atoms. The van der Waals surface area contributed by atoms with Crippen molar-refractivity contribution in [2.24, 2.45) is 0 Å². The van der Waals surface area contributed by atoms with Crippen molar-refractivity contribution in [1.29, 1.82) is 0 Å². The average Bonchev–Trinajstić information content (AvgIpc) is 3.35. The normalized spacial score (nSPS) is 12.3. The molecule has 0 radical (unpaired) electrons. The lowest BCUT2D eigenvalue weighted by Gasteiger charge is -2.11. The molecule has 3 aromatic rings. The third-order valence-electron chi connectivity index (χ3n) is 4.66. The minimum Gasteiger partial charge on any atom is -0.493 e. The van der Waals surface area contributed by atoms with Gasteiger partial charge in [0.05, 0.1) is 30.9 Å². The number of nitrogens with zero attached hydrogens (tertiary/aromatic N) is 3. The van der Waals surface area contributed by atoms with Crippen LogP contribution in [0.25, 0.3) is 11.3 Å². The molecule has 4 rings (SSSR count). The van der Waals surface area contributed by atoms with Gasteiger partial charge >= 0.3 is 0 Å². The van der Waals surface area contributed by atoms with Gasteiger partial charge in [-0.05, 0) is 12.1 Å². The van der Waals surface area contributed by atoms with Crippen LogP contribution in [0.2, 0.25) is 0 Å². The Balaban J connectivity index is 1.63. The van der Waals surface area contributed by atoms with E-state index in [1.807, 2.05) is 12.3 Å². The van der Waals surface area contributed by atoms with Gasteiger partial charge in [0.2, 0.25) is 0 Å². The summed E-state index contributed by atoms with van der Waals surface area (Å²) in [7, 11) is 2.77. The molecule has 1 aromatic heterocycles. The number of ether oxygens (including phenoxy) is 2. The highest BCUT2D eigenvalue weighted by molar-refractivity contribution is 7.99. The van der Waals surface area contributed by atoms with Crippen LogP contribution in [-0.4, -0.2) is 40.4 Å². The summed E-state index contributed by atoms with van der Waals surface area (Å²) in [4.78, 5) is 28.3. The summed E-state index contributed by atoms with van der Waals surface area (Å²) >= 11 is 1.70. The smallest absolute Gasteiger partial charge is 0.286 e. The molecule has 0 bridgehead atoms. The van der Waals surface area contributed by atoms with Crippen LogP contribution in [0.3, 0.4) is 0 Å². The number of rotatable bonds is 6. The van der Waals surface area contributed by atoms with Gasteiger partial charge in [-0.2, -0.15) is 0 Å². The Morgan fingerprint density at radius 2 is 2.00 bits per heavy atom. The number of aromatic nitrogens is 2. The van der Waals surface area contributed by atoms with Gasteiger partial charge in [-0.1, -0.05) is 23.9 Å². The number of fused-ring (bicyclic) bond motifs is 1. The zero-order valence-electron chi connectivity index (χ0n) is 16.2. The topological polar surface area (TPSA) is 109 Å². The number of carbonyl (C=O) groups excluding carboxylic acids is 1. The third kappa shape index (κ3) is 3.69. The molecule has 154 valence electrons. The number of carbonyl (C=O) groups is 1. The lowest BCUT2D eigenvalue weighted by Crippen LogP contribution is -2.14. The minimum absolute atomic E-state index is 0.125. The molecule has 0 saturated carbocycles. The first-order valence-electron chi connectivity index (χ1n) is 9.02. The average molecular weight is 426 g/mol. The number of nitrogens with one attached hydrogen (secondary N) is 1. The molecule has 0 unspecified atom stereocenters. The first-order valence-corrected chi connectivity index (χ1v) is 10.0. The number of amides is 1. The monoisotopic (exact) mass is 426 g/mol. The zero-order chi connectivity index (χ0) is 21.3. The van der Waals surface area contributed by atoms with Gasteiger partial charge in [0, 0.05) is 35.8 Å². The van der Waals surface area contributed by atoms with Gasteiger partial charge in [0.1, 0.15) is 5.56 Å². The number of hydrogen-bond acceptors (Lipinski definition) is 7. The standard InChI is InChI=1S/C20H18N4O5S/c1-28-17-9-14(16(24(26)27)10-18(17)29-2)19(25)21-13-5-3-4-12(8-13)15-11-23-6-7-30-20(23)22-15/h3-5,8-11H,6-7H2,1-2H3,(H,21,25). The summed E-state index contributed by atoms with van der Waals surface area (Å²) < 4.78 is 12.4. The maximum atomic E-state index is 12.8. The number of hydrogen-bond donors (Lipinski definition) is 1. The number of thioether (sulfide) groups is 1. The highest BCUT2D eigenvalue weighted by Crippen LogP contribution is 2.35. The van der Waals surface area contributed by atoms with Crippen molar-refractivity contribution in [3.63, 3.8) is 0 Å². The SMILES string of the molecule is COc1cc(C(=O)Nc2cccc(-c3cn4c(n3)SCC4)c2)c([N+](=O)[O-])cc1OC. The highest BCUT2D eigenvalue weighted by Gasteiger charge is 2.25. The molecule has 0 aliphatic carbocycles. The third-order valence-corrected chi connectivity index (χ3v) is 5.63. The van der Waals surface area contributed by atoms with E-state index in [1.54, 1.807) is 30.0 Å². The van der Waals surface area contributed by atoms with E-state index in [2.05, 4.69) is 14.9 Å². The Hall–Kier alpha value is -3.53. The lowest BCUT2D eigenvalue weighted by atomic mass is 10.1. The fraction of sp³-hybridized carbons (Fsp3) is 0.200. The van der Waals surface area contributed by atoms with Gasteiger partial charge in [0.25, 0.3) is 11.6 Å². The molecule has 0 spiro atoms. The van der Waals surface area contributed by atoms with Gasteiger partial charge in [0.15, 0.2) is 16.7 Å². The maximum absolute atomic E-state index is 12.8. The molecule has 9 nitrogen and oxygen atoms in total. The van der Waals surface area contributed by atoms with Crippen LogP contribution in [0.1, 0.15) is 10.4 Å². The van der Waals surface area contributed by atoms with Crippen molar-refractivity contribution < 1.29 is 19.2 Å². The molecule has 1 aliphatic heterocycles. The van der Waals surface area contributed by atoms with Gasteiger partial charge in [-0.25, -0.2) is 4.98 Å². The summed E-state index contributed by atoms with van der Waals surface area (Å²) in [5.74, 6) is 0.797. The van der Waals surface area contributed by atoms with Crippen LogP contribution in [0.5, 0.6) is 11.5 Å². The van der Waals surface area contributed by atoms with Crippen molar-refractivity contribution in [2.75, 3.05) is 25.3 Å². The molecule has 0 fully saturated rings. The fourth-order valence-electron chi connectivity index (χ4n) is 3.20. The molecular weight excluding hydrogens is 408 g/mol. The largest absolute Gasteiger partial charge is 0.493 e. The van der Waals surface area contributed by atoms with E-state index >= 15 is 0 Å². The molecule has 1 aliphatic rings. The highest BCUT2D eigenvalue weighted by atomic mass is 32.2. The number of aryl methyl sites for hydroxylation is 1. The van der Waals surface area contributed by atoms with E-state index in [4.69, 9.17) is 9.47 Å². The summed E-state index contributed by atoms with van der Waals surface area (Å²) in [5, 5.41) is 15.2. The van der Waals surface area contributed by atoms with Crippen LogP contribution in [0.4, 0.5) is 11.4 Å². The number of nitro benzene ring substituents is 1. The summed E-state index contributed by atoms with van der Waals surface area (Å²) in [6, 6.07) is 9.67. The Morgan fingerprint density at radius 1 is 1.23 bits per heavy atom. The van der Waals surface area contributed by atoms with E-state index in [-0.39, 0.29) is 22.7 Å². The zero-order valence-corrected chi connectivity index (χ0v) is 17.1. The number of imidazole rings is 1. The van der Waals surface area contributed by atoms with E-state index in [9.17, 15) is 14.9 Å². The predicted octanol–water partition coefficient (Wildman–Crippen LogP) is 3.83. The molecular formula is C20H18N4O5S. The summed E-state index contributed by atoms with van der Waals surface area (Å²) in [5.41, 5.74) is 1.66. The molecule has 0 saturated heterocycles. The number of nitro groups is 1. The molecule has 2 aromatic carbocycles. The lowest BCUT2D eigenvalue weighted by molar-refractivity contribution is -0.385. The van der Waals surface area contributed by atoms with Crippen molar-refractivity contribution in [1.82, 2.24) is 9.55 Å². The number of methoxy groups -OCH3 is 2. The van der Waals surface area contributed by atoms with Crippen molar-refractivity contribution >= 4 is 29.0 Å². The quantitative estimate of drug-likeness (QED) is 0.471. The maximum Gasteiger partial charge on any atom is 0.286 e. The second-order valence-electron chi connectivity index (χ2n) is 6.47. The Kier molecular flexibility index (Phi) is 5.32. The number of benzene rings is 2. The summed E-state index contributed by atoms with van der Waals surface area (Å²) in [6.07, 6.45) is 1.98. The van der Waals surface area contributed by atoms with E-state index in [0.29, 0.717) is 5.69 Å². The van der Waals surface area contributed by atoms with E-state index in [0.717, 1.165) is 28.7 Å². The van der Waals surface area contributed by atoms with Crippen molar-refractivity contribution in [3.8, 4) is 22.8 Å². The van der Waals surface area contributed by atoms with Crippen LogP contribution >= 0.6 is 11.8 Å². The van der Waals surface area contributed by atoms with E-state index < -0.39 is 10.8 Å². The Morgan fingerprint density at radius 3 is 2.70 bits per heavy atom. The minimum atomic E-state index is -0.627. The molecule has 1 N–H and O–H groups in total. The predicted molar refractivity (Wildman–Crippen MR) is 113 cm³/mol. The van der Waals surface area contributed by atoms with Gasteiger partial charge < -0.3 is 19.4 Å². The van der Waals surface area contributed by atoms with Crippen LogP contribution in [-0.2, 0) is 6.54 Å². The van der Waals surface area contributed by atoms with Crippen LogP contribution in [0.15, 0.2) is 47.8 Å². The molecule has 1 amide bonds. The second-order valence-corrected chi connectivity index (χ2v) is 7.53. The summed E-state index contributed by atoms with van der Waals surface area (Å²) in [6.45, 7) is 0.923. The van der Waals surface area contributed by atoms with Crippen LogP contribution < -0.4 is 14.8 Å². The first-order chi connectivity index (χ1) is 14.5. The van der Waals surface area contributed by atoms with Crippen LogP contribution in [0, 0.1) is 10.1 Å². The van der Waals surface area contributed by atoms with Crippen molar-refractivity contribution in [3.05, 3.63) is 58.3 Å². The second kappa shape index (κ2) is 8.07. The first kappa shape index (κ1) is 19.8. The Bertz CT molecular complexity index is 1120. The number of anilines is 1. The molecule has 10 heteroatoms. The van der Waals surface area contributed by atoms with Gasteiger partial charge in [-0.3, -0.25) is 14.9 Å². The van der Waals surface area contributed by atoms with Crippen molar-refractivity contribution in [2.45, 2.75) is 11.7 Å².